The molecule has 2 amide bonds. The summed E-state index contributed by atoms with van der Waals surface area (Å²) in [6, 6.07) is 8.57. The van der Waals surface area contributed by atoms with Crippen molar-refractivity contribution in [3.05, 3.63) is 76.6 Å². The molecule has 6 heteroatoms. The summed E-state index contributed by atoms with van der Waals surface area (Å²) in [6.07, 6.45) is 3.31. The molecule has 0 aliphatic rings. The lowest BCUT2D eigenvalue weighted by Crippen LogP contribution is -2.31. The number of hydrogen-bond acceptors (Lipinski definition) is 2. The normalized spacial score (nSPS) is 10.8. The second-order valence-corrected chi connectivity index (χ2v) is 7.24. The molecule has 1 aromatic heterocycles. The van der Waals surface area contributed by atoms with Crippen LogP contribution in [0.25, 0.3) is 5.69 Å². The fourth-order valence-electron chi connectivity index (χ4n) is 3.08. The molecule has 5 nitrogen and oxygen atoms in total. The third-order valence-electron chi connectivity index (χ3n) is 4.90. The van der Waals surface area contributed by atoms with Gasteiger partial charge in [0.2, 0.25) is 0 Å². The van der Waals surface area contributed by atoms with Crippen molar-refractivity contribution in [1.29, 1.82) is 0 Å². The van der Waals surface area contributed by atoms with E-state index < -0.39 is 5.82 Å². The van der Waals surface area contributed by atoms with Crippen LogP contribution in [0.1, 0.15) is 27.9 Å². The van der Waals surface area contributed by atoms with E-state index in [0.717, 1.165) is 16.8 Å². The largest absolute Gasteiger partial charge is 0.323 e. The van der Waals surface area contributed by atoms with Crippen LogP contribution < -0.4 is 5.32 Å². The summed E-state index contributed by atoms with van der Waals surface area (Å²) in [5.74, 6) is -0.428. The molecule has 0 bridgehead atoms. The number of aryl methyl sites for hydroxylation is 4. The van der Waals surface area contributed by atoms with Gasteiger partial charge in [-0.15, -0.1) is 0 Å². The van der Waals surface area contributed by atoms with Gasteiger partial charge in [-0.25, -0.2) is 14.2 Å². The summed E-state index contributed by atoms with van der Waals surface area (Å²) in [7, 11) is 1.73. The third-order valence-corrected chi connectivity index (χ3v) is 4.90. The summed E-state index contributed by atoms with van der Waals surface area (Å²) >= 11 is 0. The molecule has 3 rings (SSSR count). The molecule has 0 radical (unpaired) electrons. The Bertz CT molecular complexity index is 1030. The topological polar surface area (TPSA) is 50.2 Å². The van der Waals surface area contributed by atoms with Crippen LogP contribution in [0.15, 0.2) is 42.9 Å². The molecular formula is C22H25FN4O. The lowest BCUT2D eigenvalue weighted by molar-refractivity contribution is 0.220. The molecular weight excluding hydrogens is 355 g/mol. The number of carbonyl (C=O) groups excluding carboxylic acids is 1. The number of amides is 2. The highest BCUT2D eigenvalue weighted by Gasteiger charge is 2.13. The first kappa shape index (κ1) is 19.6. The van der Waals surface area contributed by atoms with E-state index in [-0.39, 0.29) is 6.03 Å². The third kappa shape index (κ3) is 4.22. The molecule has 0 unspecified atom stereocenters. The number of hydrogen-bond donors (Lipinski definition) is 1. The number of halogens is 1. The molecule has 0 spiro atoms. The van der Waals surface area contributed by atoms with Crippen LogP contribution in [0.3, 0.4) is 0 Å². The van der Waals surface area contributed by atoms with Gasteiger partial charge in [0.05, 0.1) is 17.7 Å². The highest BCUT2D eigenvalue weighted by atomic mass is 19.1. The van der Waals surface area contributed by atoms with Gasteiger partial charge in [0.1, 0.15) is 5.82 Å². The van der Waals surface area contributed by atoms with Gasteiger partial charge in [0, 0.05) is 25.5 Å². The molecule has 0 saturated carbocycles. The minimum absolute atomic E-state index is 0.289. The Morgan fingerprint density at radius 3 is 2.46 bits per heavy atom. The molecule has 0 fully saturated rings. The van der Waals surface area contributed by atoms with Crippen LogP contribution in [0.4, 0.5) is 14.9 Å². The number of imidazole rings is 1. The van der Waals surface area contributed by atoms with Crippen LogP contribution in [-0.4, -0.2) is 27.5 Å². The Balaban J connectivity index is 1.70. The predicted octanol–water partition coefficient (Wildman–Crippen LogP) is 4.91. The second-order valence-electron chi connectivity index (χ2n) is 7.24. The first-order chi connectivity index (χ1) is 13.2. The number of urea groups is 1. The predicted molar refractivity (Wildman–Crippen MR) is 109 cm³/mol. The summed E-state index contributed by atoms with van der Waals surface area (Å²) in [5.41, 5.74) is 6.27. The number of carbonyl (C=O) groups is 1. The summed E-state index contributed by atoms with van der Waals surface area (Å²) in [6.45, 7) is 8.50. The molecule has 3 aromatic rings. The Labute approximate surface area is 164 Å². The summed E-state index contributed by atoms with van der Waals surface area (Å²) in [5, 5.41) is 2.75. The lowest BCUT2D eigenvalue weighted by Gasteiger charge is -2.20. The van der Waals surface area contributed by atoms with E-state index in [1.54, 1.807) is 41.2 Å². The Morgan fingerprint density at radius 1 is 1.11 bits per heavy atom. The first-order valence-electron chi connectivity index (χ1n) is 9.14. The van der Waals surface area contributed by atoms with Gasteiger partial charge < -0.3 is 14.8 Å². The quantitative estimate of drug-likeness (QED) is 0.699. The zero-order chi connectivity index (χ0) is 20.4. The summed E-state index contributed by atoms with van der Waals surface area (Å²) in [4.78, 5) is 18.2. The van der Waals surface area contributed by atoms with Crippen molar-refractivity contribution in [3.63, 3.8) is 0 Å². The van der Waals surface area contributed by atoms with Gasteiger partial charge in [0.15, 0.2) is 0 Å². The van der Waals surface area contributed by atoms with Crippen molar-refractivity contribution in [2.45, 2.75) is 34.2 Å². The first-order valence-corrected chi connectivity index (χ1v) is 9.14. The fraction of sp³-hybridized carbons (Fsp3) is 0.273. The number of anilines is 1. The number of nitrogens with zero attached hydrogens (tertiary/aromatic N) is 3. The lowest BCUT2D eigenvalue weighted by atomic mass is 10.0. The van der Waals surface area contributed by atoms with Crippen LogP contribution in [0, 0.1) is 33.5 Å². The molecule has 1 heterocycles. The zero-order valence-corrected chi connectivity index (χ0v) is 16.9. The average molecular weight is 380 g/mol. The van der Waals surface area contributed by atoms with Crippen molar-refractivity contribution < 1.29 is 9.18 Å². The van der Waals surface area contributed by atoms with Crippen molar-refractivity contribution in [1.82, 2.24) is 14.5 Å². The number of rotatable bonds is 4. The highest BCUT2D eigenvalue weighted by Crippen LogP contribution is 2.20. The van der Waals surface area contributed by atoms with Gasteiger partial charge in [-0.05, 0) is 68.1 Å². The Morgan fingerprint density at radius 2 is 1.82 bits per heavy atom. The molecule has 1 N–H and O–H groups in total. The van der Waals surface area contributed by atoms with Gasteiger partial charge in [-0.2, -0.15) is 0 Å². The second kappa shape index (κ2) is 7.84. The van der Waals surface area contributed by atoms with E-state index in [1.807, 2.05) is 13.8 Å². The average Bonchev–Trinajstić information content (AvgIpc) is 3.05. The van der Waals surface area contributed by atoms with Crippen molar-refractivity contribution in [2.24, 2.45) is 0 Å². The van der Waals surface area contributed by atoms with Gasteiger partial charge >= 0.3 is 6.03 Å². The standard InChI is InChI=1S/C22H25FN4O/c1-14-8-16(3)18(9-15(14)2)12-26(5)22(28)25-19-6-7-21(20(23)10-19)27-11-17(4)24-13-27/h6-11,13H,12H2,1-5H3,(H,25,28). The highest BCUT2D eigenvalue weighted by molar-refractivity contribution is 5.89. The molecule has 146 valence electrons. The minimum Gasteiger partial charge on any atom is -0.323 e. The minimum atomic E-state index is -0.428. The van der Waals surface area contributed by atoms with Crippen LogP contribution in [0.5, 0.6) is 0 Å². The number of nitrogens with one attached hydrogen (secondary N) is 1. The Hall–Kier alpha value is -3.15. The van der Waals surface area contributed by atoms with E-state index in [4.69, 9.17) is 0 Å². The van der Waals surface area contributed by atoms with Gasteiger partial charge in [-0.1, -0.05) is 12.1 Å². The van der Waals surface area contributed by atoms with Crippen LogP contribution in [-0.2, 0) is 6.54 Å². The van der Waals surface area contributed by atoms with E-state index in [9.17, 15) is 9.18 Å². The van der Waals surface area contributed by atoms with Gasteiger partial charge in [0.25, 0.3) is 0 Å². The maximum Gasteiger partial charge on any atom is 0.321 e. The smallest absolute Gasteiger partial charge is 0.321 e. The van der Waals surface area contributed by atoms with Crippen molar-refractivity contribution in [2.75, 3.05) is 12.4 Å². The van der Waals surface area contributed by atoms with Crippen molar-refractivity contribution in [3.8, 4) is 5.69 Å². The van der Waals surface area contributed by atoms with Crippen LogP contribution >= 0.6 is 0 Å². The molecule has 2 aromatic carbocycles. The number of aromatic nitrogens is 2. The van der Waals surface area contributed by atoms with Crippen molar-refractivity contribution >= 4 is 11.7 Å². The maximum absolute atomic E-state index is 14.5. The molecule has 0 aliphatic heterocycles. The SMILES string of the molecule is Cc1cn(-c2ccc(NC(=O)N(C)Cc3cc(C)c(C)cc3C)cc2F)cn1. The van der Waals surface area contributed by atoms with Crippen LogP contribution in [0.2, 0.25) is 0 Å². The van der Waals surface area contributed by atoms with E-state index in [0.29, 0.717) is 17.9 Å². The molecule has 0 atom stereocenters. The van der Waals surface area contributed by atoms with E-state index in [1.165, 1.54) is 17.2 Å². The Kier molecular flexibility index (Phi) is 5.49. The number of benzene rings is 2. The molecule has 0 aliphatic carbocycles. The maximum atomic E-state index is 14.5. The fourth-order valence-corrected chi connectivity index (χ4v) is 3.08. The molecule has 28 heavy (non-hydrogen) atoms. The zero-order valence-electron chi connectivity index (χ0n) is 16.9. The van der Waals surface area contributed by atoms with Gasteiger partial charge in [-0.3, -0.25) is 0 Å². The monoisotopic (exact) mass is 380 g/mol. The molecule has 0 saturated heterocycles. The summed E-state index contributed by atoms with van der Waals surface area (Å²) < 4.78 is 16.1. The van der Waals surface area contributed by atoms with E-state index >= 15 is 0 Å². The van der Waals surface area contributed by atoms with E-state index in [2.05, 4.69) is 36.3 Å².